The molecule has 0 heterocycles. The Morgan fingerprint density at radius 2 is 1.44 bits per heavy atom. The number of benzene rings is 1. The van der Waals surface area contributed by atoms with Crippen molar-refractivity contribution in [3.63, 3.8) is 0 Å². The Morgan fingerprint density at radius 3 is 2.10 bits per heavy atom. The highest BCUT2D eigenvalue weighted by Gasteiger charge is 2.58. The fraction of sp³-hybridized carbons (Fsp3) is 0.775. The van der Waals surface area contributed by atoms with Crippen LogP contribution in [0.15, 0.2) is 30.3 Å². The standard InChI is InChI=1S/C40H62O/c1-23-12-14-31(15-13-23)33-18-34-19-35(17-32-16-25(3)26(4)27(5)28(32)6)38(29(7)37(34)36(41)20-33)40(11)22-24(2)21-39(9,10)30(40)8/h12-15,20,24-30,32,34-35,37-38H,16-19,21-22H2,1-11H3/t24?,25?,26-,27+,28?,29?,30?,32-,34?,35?,37?,38?,40+/m0/s1. The largest absolute Gasteiger partial charge is 0.295 e. The Balaban J connectivity index is 1.52. The third-order valence-electron chi connectivity index (χ3n) is 14.5. The first kappa shape index (κ1) is 31.1. The van der Waals surface area contributed by atoms with Crippen molar-refractivity contribution in [2.45, 2.75) is 115 Å². The van der Waals surface area contributed by atoms with Crippen molar-refractivity contribution < 1.29 is 4.79 Å². The summed E-state index contributed by atoms with van der Waals surface area (Å²) in [7, 11) is 0. The molecule has 0 aromatic heterocycles. The molecule has 0 aliphatic heterocycles. The minimum Gasteiger partial charge on any atom is -0.295 e. The molecule has 13 atom stereocenters. The zero-order valence-corrected chi connectivity index (χ0v) is 28.5. The van der Waals surface area contributed by atoms with Gasteiger partial charge in [0.2, 0.25) is 0 Å². The van der Waals surface area contributed by atoms with E-state index in [1.165, 1.54) is 48.8 Å². The van der Waals surface area contributed by atoms with E-state index in [9.17, 15) is 4.79 Å². The molecule has 9 unspecified atom stereocenters. The SMILES string of the molecule is Cc1ccc(C2=CC(=O)C3C(C2)CC(C[C@@H]2CC(C)[C@H](C)[C@@H](C)C2C)C([C@]2(C)CC(C)CC(C)(C)C2C)C3C)cc1. The van der Waals surface area contributed by atoms with Gasteiger partial charge in [-0.15, -0.1) is 0 Å². The summed E-state index contributed by atoms with van der Waals surface area (Å²) in [6, 6.07) is 8.89. The number of hydrogen-bond acceptors (Lipinski definition) is 1. The molecule has 1 aromatic carbocycles. The van der Waals surface area contributed by atoms with Crippen LogP contribution in [0.2, 0.25) is 0 Å². The minimum absolute atomic E-state index is 0.191. The summed E-state index contributed by atoms with van der Waals surface area (Å²) < 4.78 is 0. The molecule has 228 valence electrons. The van der Waals surface area contributed by atoms with Gasteiger partial charge >= 0.3 is 0 Å². The molecule has 41 heavy (non-hydrogen) atoms. The molecule has 4 aliphatic rings. The summed E-state index contributed by atoms with van der Waals surface area (Å²) in [6.45, 7) is 27.6. The molecule has 1 heteroatoms. The summed E-state index contributed by atoms with van der Waals surface area (Å²) in [4.78, 5) is 14.1. The van der Waals surface area contributed by atoms with Crippen molar-refractivity contribution in [3.05, 3.63) is 41.5 Å². The van der Waals surface area contributed by atoms with Crippen molar-refractivity contribution in [3.8, 4) is 0 Å². The molecule has 0 N–H and O–H groups in total. The summed E-state index contributed by atoms with van der Waals surface area (Å²) in [6.07, 6.45) is 9.79. The molecule has 5 rings (SSSR count). The average molecular weight is 559 g/mol. The van der Waals surface area contributed by atoms with Crippen LogP contribution in [0, 0.1) is 88.8 Å². The molecule has 0 bridgehead atoms. The number of hydrogen-bond donors (Lipinski definition) is 0. The van der Waals surface area contributed by atoms with Gasteiger partial charge in [-0.05, 0) is 139 Å². The number of aryl methyl sites for hydroxylation is 1. The second-order valence-corrected chi connectivity index (χ2v) is 17.3. The van der Waals surface area contributed by atoms with E-state index in [1.807, 2.05) is 0 Å². The van der Waals surface area contributed by atoms with E-state index >= 15 is 0 Å². The monoisotopic (exact) mass is 558 g/mol. The highest BCUT2D eigenvalue weighted by molar-refractivity contribution is 6.00. The van der Waals surface area contributed by atoms with Crippen LogP contribution in [0.3, 0.4) is 0 Å². The molecule has 0 saturated heterocycles. The van der Waals surface area contributed by atoms with Crippen molar-refractivity contribution >= 4 is 11.4 Å². The lowest BCUT2D eigenvalue weighted by atomic mass is 9.43. The van der Waals surface area contributed by atoms with Crippen molar-refractivity contribution in [2.24, 2.45) is 81.8 Å². The minimum atomic E-state index is 0.191. The third kappa shape index (κ3) is 5.55. The van der Waals surface area contributed by atoms with E-state index in [4.69, 9.17) is 0 Å². The Bertz CT molecular complexity index is 1120. The first-order valence-electron chi connectivity index (χ1n) is 17.5. The Labute approximate surface area is 253 Å². The van der Waals surface area contributed by atoms with Crippen LogP contribution in [-0.4, -0.2) is 5.78 Å². The maximum Gasteiger partial charge on any atom is 0.159 e. The number of fused-ring (bicyclic) bond motifs is 1. The molecule has 0 radical (unpaired) electrons. The van der Waals surface area contributed by atoms with Crippen LogP contribution in [0.25, 0.3) is 5.57 Å². The summed E-state index contributed by atoms with van der Waals surface area (Å²) >= 11 is 0. The van der Waals surface area contributed by atoms with Crippen LogP contribution in [0.4, 0.5) is 0 Å². The number of rotatable bonds is 4. The third-order valence-corrected chi connectivity index (χ3v) is 14.5. The van der Waals surface area contributed by atoms with Gasteiger partial charge < -0.3 is 0 Å². The summed E-state index contributed by atoms with van der Waals surface area (Å²) in [5.74, 6) is 8.33. The molecular weight excluding hydrogens is 496 g/mol. The normalized spacial score (nSPS) is 46.5. The van der Waals surface area contributed by atoms with Crippen LogP contribution < -0.4 is 0 Å². The highest BCUT2D eigenvalue weighted by Crippen LogP contribution is 2.64. The second kappa shape index (κ2) is 11.3. The van der Waals surface area contributed by atoms with Gasteiger partial charge in [0.1, 0.15) is 0 Å². The lowest BCUT2D eigenvalue weighted by Gasteiger charge is -2.62. The van der Waals surface area contributed by atoms with Crippen LogP contribution in [0.1, 0.15) is 119 Å². The Kier molecular flexibility index (Phi) is 8.55. The lowest BCUT2D eigenvalue weighted by molar-refractivity contribution is -0.144. The van der Waals surface area contributed by atoms with Gasteiger partial charge in [-0.25, -0.2) is 0 Å². The fourth-order valence-electron chi connectivity index (χ4n) is 11.9. The van der Waals surface area contributed by atoms with Gasteiger partial charge in [-0.1, -0.05) is 99.1 Å². The molecule has 4 aliphatic carbocycles. The zero-order chi connectivity index (χ0) is 30.0. The highest BCUT2D eigenvalue weighted by atomic mass is 16.1. The van der Waals surface area contributed by atoms with Gasteiger partial charge in [0, 0.05) is 5.92 Å². The van der Waals surface area contributed by atoms with E-state index in [2.05, 4.69) is 107 Å². The van der Waals surface area contributed by atoms with Gasteiger partial charge in [0.05, 0.1) is 0 Å². The predicted molar refractivity (Wildman–Crippen MR) is 175 cm³/mol. The molecule has 0 spiro atoms. The maximum atomic E-state index is 14.1. The van der Waals surface area contributed by atoms with E-state index in [-0.39, 0.29) is 11.3 Å². The van der Waals surface area contributed by atoms with Crippen molar-refractivity contribution in [1.82, 2.24) is 0 Å². The Morgan fingerprint density at radius 1 is 0.780 bits per heavy atom. The van der Waals surface area contributed by atoms with Crippen LogP contribution in [-0.2, 0) is 4.79 Å². The van der Waals surface area contributed by atoms with Crippen molar-refractivity contribution in [2.75, 3.05) is 0 Å². The summed E-state index contributed by atoms with van der Waals surface area (Å²) in [5.41, 5.74) is 4.46. The van der Waals surface area contributed by atoms with E-state index in [0.29, 0.717) is 40.8 Å². The van der Waals surface area contributed by atoms with Gasteiger partial charge in [0.15, 0.2) is 5.78 Å². The lowest BCUT2D eigenvalue weighted by Crippen LogP contribution is -2.56. The van der Waals surface area contributed by atoms with E-state index in [1.54, 1.807) is 0 Å². The molecule has 0 amide bonds. The quantitative estimate of drug-likeness (QED) is 0.359. The second-order valence-electron chi connectivity index (χ2n) is 17.3. The van der Waals surface area contributed by atoms with Gasteiger partial charge in [-0.3, -0.25) is 4.79 Å². The first-order valence-corrected chi connectivity index (χ1v) is 17.5. The van der Waals surface area contributed by atoms with Crippen molar-refractivity contribution in [1.29, 1.82) is 0 Å². The van der Waals surface area contributed by atoms with Gasteiger partial charge in [-0.2, -0.15) is 0 Å². The smallest absolute Gasteiger partial charge is 0.159 e. The van der Waals surface area contributed by atoms with Crippen LogP contribution in [0.5, 0.6) is 0 Å². The molecule has 1 aromatic rings. The number of carbonyl (C=O) groups excluding carboxylic acids is 1. The average Bonchev–Trinajstić information content (AvgIpc) is 2.88. The van der Waals surface area contributed by atoms with E-state index < -0.39 is 0 Å². The molecular formula is C40H62O. The molecule has 1 nitrogen and oxygen atoms in total. The Hall–Kier alpha value is -1.37. The van der Waals surface area contributed by atoms with E-state index in [0.717, 1.165) is 41.9 Å². The number of allylic oxidation sites excluding steroid dienone is 2. The zero-order valence-electron chi connectivity index (χ0n) is 28.5. The first-order chi connectivity index (χ1) is 19.1. The molecule has 3 saturated carbocycles. The maximum absolute atomic E-state index is 14.1. The van der Waals surface area contributed by atoms with Gasteiger partial charge in [0.25, 0.3) is 0 Å². The number of ketones is 1. The predicted octanol–water partition coefficient (Wildman–Crippen LogP) is 10.9. The fourth-order valence-corrected chi connectivity index (χ4v) is 11.9. The number of carbonyl (C=O) groups is 1. The topological polar surface area (TPSA) is 17.1 Å². The van der Waals surface area contributed by atoms with Crippen LogP contribution >= 0.6 is 0 Å². The molecule has 3 fully saturated rings. The summed E-state index contributed by atoms with van der Waals surface area (Å²) in [5, 5.41) is 0.